The first-order valence-corrected chi connectivity index (χ1v) is 8.18. The van der Waals surface area contributed by atoms with Crippen molar-refractivity contribution in [2.24, 2.45) is 0 Å². The van der Waals surface area contributed by atoms with Crippen LogP contribution in [0.1, 0.15) is 16.1 Å². The Morgan fingerprint density at radius 2 is 2.39 bits per heavy atom. The second-order valence-corrected chi connectivity index (χ2v) is 6.58. The number of methoxy groups -OCH3 is 1. The first-order valence-electron chi connectivity index (χ1n) is 7.36. The third-order valence-corrected chi connectivity index (χ3v) is 4.76. The number of nitrogens with zero attached hydrogens (tertiary/aromatic N) is 1. The molecule has 23 heavy (non-hydrogen) atoms. The van der Waals surface area contributed by atoms with Crippen LogP contribution in [0.4, 0.5) is 5.13 Å². The molecule has 1 atom stereocenters. The molecule has 0 radical (unpaired) electrons. The Kier molecular flexibility index (Phi) is 4.38. The monoisotopic (exact) mass is 333 g/mol. The van der Waals surface area contributed by atoms with E-state index in [1.165, 1.54) is 11.3 Å². The van der Waals surface area contributed by atoms with Gasteiger partial charge in [-0.25, -0.2) is 4.98 Å². The summed E-state index contributed by atoms with van der Waals surface area (Å²) in [5, 5.41) is 3.51. The lowest BCUT2D eigenvalue weighted by Gasteiger charge is -2.27. The molecule has 0 fully saturated rings. The molecule has 6 nitrogen and oxygen atoms in total. The standard InChI is InChI=1S/C16H19N3O3S/c1-9-13(23-16(17)18-9)7-14(20)19-11-6-10-4-3-5-12(21-2)15(10)22-8-11/h3-5,11H,6-8H2,1-2H3,(H2,17,18)(H,19,20). The van der Waals surface area contributed by atoms with Gasteiger partial charge in [0.1, 0.15) is 6.61 Å². The summed E-state index contributed by atoms with van der Waals surface area (Å²) in [6, 6.07) is 5.74. The molecule has 3 rings (SSSR count). The van der Waals surface area contributed by atoms with Gasteiger partial charge in [-0.05, 0) is 19.4 Å². The van der Waals surface area contributed by atoms with Gasteiger partial charge in [-0.3, -0.25) is 4.79 Å². The fourth-order valence-electron chi connectivity index (χ4n) is 2.69. The van der Waals surface area contributed by atoms with Crippen LogP contribution in [0.25, 0.3) is 0 Å². The minimum absolute atomic E-state index is 0.0447. The van der Waals surface area contributed by atoms with Gasteiger partial charge in [-0.1, -0.05) is 12.1 Å². The average Bonchev–Trinajstić information content (AvgIpc) is 2.83. The summed E-state index contributed by atoms with van der Waals surface area (Å²) in [5.74, 6) is 1.45. The van der Waals surface area contributed by atoms with Crippen LogP contribution in [0.3, 0.4) is 0 Å². The molecule has 122 valence electrons. The van der Waals surface area contributed by atoms with Crippen LogP contribution in [-0.4, -0.2) is 30.6 Å². The number of carbonyl (C=O) groups is 1. The summed E-state index contributed by atoms with van der Waals surface area (Å²) in [5.41, 5.74) is 7.52. The van der Waals surface area contributed by atoms with Crippen molar-refractivity contribution >= 4 is 22.4 Å². The van der Waals surface area contributed by atoms with E-state index < -0.39 is 0 Å². The number of benzene rings is 1. The zero-order valence-electron chi connectivity index (χ0n) is 13.1. The topological polar surface area (TPSA) is 86.5 Å². The van der Waals surface area contributed by atoms with Crippen molar-refractivity contribution < 1.29 is 14.3 Å². The number of nitrogen functional groups attached to an aromatic ring is 1. The number of amides is 1. The third-order valence-electron chi connectivity index (χ3n) is 3.77. The number of para-hydroxylation sites is 1. The van der Waals surface area contributed by atoms with Crippen molar-refractivity contribution in [3.8, 4) is 11.5 Å². The van der Waals surface area contributed by atoms with E-state index in [1.807, 2.05) is 25.1 Å². The van der Waals surface area contributed by atoms with Crippen molar-refractivity contribution in [1.29, 1.82) is 0 Å². The van der Waals surface area contributed by atoms with Gasteiger partial charge in [0.2, 0.25) is 5.91 Å². The van der Waals surface area contributed by atoms with Crippen molar-refractivity contribution in [3.05, 3.63) is 34.3 Å². The lowest BCUT2D eigenvalue weighted by Crippen LogP contribution is -2.43. The number of thiazole rings is 1. The highest BCUT2D eigenvalue weighted by Gasteiger charge is 2.24. The number of aromatic nitrogens is 1. The van der Waals surface area contributed by atoms with E-state index in [0.29, 0.717) is 18.2 Å². The van der Waals surface area contributed by atoms with Crippen LogP contribution < -0.4 is 20.5 Å². The van der Waals surface area contributed by atoms with E-state index in [-0.39, 0.29) is 11.9 Å². The van der Waals surface area contributed by atoms with Crippen LogP contribution in [0.2, 0.25) is 0 Å². The molecule has 1 unspecified atom stereocenters. The van der Waals surface area contributed by atoms with E-state index in [4.69, 9.17) is 15.2 Å². The molecule has 1 aliphatic heterocycles. The van der Waals surface area contributed by atoms with Crippen molar-refractivity contribution in [3.63, 3.8) is 0 Å². The maximum absolute atomic E-state index is 12.2. The molecular weight excluding hydrogens is 314 g/mol. The molecule has 2 heterocycles. The van der Waals surface area contributed by atoms with Crippen LogP contribution in [0.5, 0.6) is 11.5 Å². The summed E-state index contributed by atoms with van der Waals surface area (Å²) in [4.78, 5) is 17.3. The van der Waals surface area contributed by atoms with Gasteiger partial charge < -0.3 is 20.5 Å². The van der Waals surface area contributed by atoms with Gasteiger partial charge in [0.05, 0.1) is 25.3 Å². The predicted molar refractivity (Wildman–Crippen MR) is 89.1 cm³/mol. The molecule has 0 saturated heterocycles. The number of hydrogen-bond donors (Lipinski definition) is 2. The molecule has 3 N–H and O–H groups in total. The second-order valence-electron chi connectivity index (χ2n) is 5.47. The molecule has 1 amide bonds. The number of fused-ring (bicyclic) bond motifs is 1. The largest absolute Gasteiger partial charge is 0.493 e. The number of hydrogen-bond acceptors (Lipinski definition) is 6. The van der Waals surface area contributed by atoms with Crippen molar-refractivity contribution in [1.82, 2.24) is 10.3 Å². The fourth-order valence-corrected chi connectivity index (χ4v) is 3.52. The molecule has 1 aliphatic rings. The maximum atomic E-state index is 12.2. The molecule has 1 aromatic heterocycles. The molecule has 7 heteroatoms. The van der Waals surface area contributed by atoms with Gasteiger partial charge in [0.15, 0.2) is 16.6 Å². The molecule has 0 spiro atoms. The summed E-state index contributed by atoms with van der Waals surface area (Å²) >= 11 is 1.36. The smallest absolute Gasteiger partial charge is 0.225 e. The molecule has 2 aromatic rings. The van der Waals surface area contributed by atoms with E-state index in [0.717, 1.165) is 34.1 Å². The van der Waals surface area contributed by atoms with Crippen LogP contribution in [0, 0.1) is 6.92 Å². The quantitative estimate of drug-likeness (QED) is 0.889. The van der Waals surface area contributed by atoms with E-state index >= 15 is 0 Å². The highest BCUT2D eigenvalue weighted by Crippen LogP contribution is 2.34. The van der Waals surface area contributed by atoms with Gasteiger partial charge in [-0.2, -0.15) is 0 Å². The Morgan fingerprint density at radius 1 is 1.57 bits per heavy atom. The predicted octanol–water partition coefficient (Wildman–Crippen LogP) is 1.70. The highest BCUT2D eigenvalue weighted by molar-refractivity contribution is 7.15. The van der Waals surface area contributed by atoms with Gasteiger partial charge in [-0.15, -0.1) is 11.3 Å². The summed E-state index contributed by atoms with van der Waals surface area (Å²) < 4.78 is 11.1. The minimum atomic E-state index is -0.0484. The fraction of sp³-hybridized carbons (Fsp3) is 0.375. The first-order chi connectivity index (χ1) is 11.1. The Morgan fingerprint density at radius 3 is 3.09 bits per heavy atom. The number of anilines is 1. The molecule has 0 aliphatic carbocycles. The van der Waals surface area contributed by atoms with Crippen molar-refractivity contribution in [2.45, 2.75) is 25.8 Å². The zero-order chi connectivity index (χ0) is 16.4. The second kappa shape index (κ2) is 6.45. The SMILES string of the molecule is COc1cccc2c1OCC(NC(=O)Cc1sc(N)nc1C)C2. The van der Waals surface area contributed by atoms with Crippen molar-refractivity contribution in [2.75, 3.05) is 19.5 Å². The summed E-state index contributed by atoms with van der Waals surface area (Å²) in [6.07, 6.45) is 1.02. The molecule has 0 saturated carbocycles. The van der Waals surface area contributed by atoms with E-state index in [1.54, 1.807) is 7.11 Å². The minimum Gasteiger partial charge on any atom is -0.493 e. The first kappa shape index (κ1) is 15.6. The normalized spacial score (nSPS) is 16.3. The van der Waals surface area contributed by atoms with Crippen LogP contribution >= 0.6 is 11.3 Å². The number of aryl methyl sites for hydroxylation is 1. The summed E-state index contributed by atoms with van der Waals surface area (Å²) in [6.45, 7) is 2.30. The number of nitrogens with one attached hydrogen (secondary N) is 1. The van der Waals surface area contributed by atoms with Gasteiger partial charge >= 0.3 is 0 Å². The molecule has 0 bridgehead atoms. The number of nitrogens with two attached hydrogens (primary N) is 1. The average molecular weight is 333 g/mol. The highest BCUT2D eigenvalue weighted by atomic mass is 32.1. The summed E-state index contributed by atoms with van der Waals surface area (Å²) in [7, 11) is 1.62. The Labute approximate surface area is 138 Å². The lowest BCUT2D eigenvalue weighted by molar-refractivity contribution is -0.121. The number of ether oxygens (including phenoxy) is 2. The maximum Gasteiger partial charge on any atom is 0.225 e. The number of carbonyl (C=O) groups excluding carboxylic acids is 1. The van der Waals surface area contributed by atoms with Crippen LogP contribution in [0.15, 0.2) is 18.2 Å². The lowest BCUT2D eigenvalue weighted by atomic mass is 10.0. The van der Waals surface area contributed by atoms with E-state index in [9.17, 15) is 4.79 Å². The zero-order valence-corrected chi connectivity index (χ0v) is 13.9. The Hall–Kier alpha value is -2.28. The van der Waals surface area contributed by atoms with Gasteiger partial charge in [0, 0.05) is 10.4 Å². The van der Waals surface area contributed by atoms with Gasteiger partial charge in [0.25, 0.3) is 0 Å². The number of rotatable bonds is 4. The molecular formula is C16H19N3O3S. The third kappa shape index (κ3) is 3.39. The van der Waals surface area contributed by atoms with Crippen LogP contribution in [-0.2, 0) is 17.6 Å². The van der Waals surface area contributed by atoms with E-state index in [2.05, 4.69) is 10.3 Å². The Balaban J connectivity index is 1.63. The molecule has 1 aromatic carbocycles. The Bertz CT molecular complexity index is 729.